The van der Waals surface area contributed by atoms with Crippen LogP contribution >= 0.6 is 0 Å². The lowest BCUT2D eigenvalue weighted by molar-refractivity contribution is 0.0381. The summed E-state index contributed by atoms with van der Waals surface area (Å²) in [6, 6.07) is 0. The summed E-state index contributed by atoms with van der Waals surface area (Å²) < 4.78 is 5.69. The average molecular weight is 250 g/mol. The zero-order chi connectivity index (χ0) is 13.1. The van der Waals surface area contributed by atoms with Crippen LogP contribution in [0.1, 0.15) is 38.7 Å². The summed E-state index contributed by atoms with van der Waals surface area (Å²) in [7, 11) is 0. The van der Waals surface area contributed by atoms with Crippen molar-refractivity contribution in [3.63, 3.8) is 0 Å². The van der Waals surface area contributed by atoms with E-state index >= 15 is 0 Å². The van der Waals surface area contributed by atoms with Gasteiger partial charge >= 0.3 is 0 Å². The predicted octanol–water partition coefficient (Wildman–Crippen LogP) is 1.80. The molecule has 0 bridgehead atoms. The van der Waals surface area contributed by atoms with Crippen LogP contribution in [0.25, 0.3) is 0 Å². The summed E-state index contributed by atoms with van der Waals surface area (Å²) in [4.78, 5) is 10.8. The van der Waals surface area contributed by atoms with E-state index in [1.807, 2.05) is 0 Å². The molecular formula is C13H22N4O. The van der Waals surface area contributed by atoms with Gasteiger partial charge in [0, 0.05) is 18.7 Å². The van der Waals surface area contributed by atoms with Crippen molar-refractivity contribution < 1.29 is 4.74 Å². The summed E-state index contributed by atoms with van der Waals surface area (Å²) in [6.07, 6.45) is 2.86. The van der Waals surface area contributed by atoms with Crippen LogP contribution in [0.4, 0.5) is 11.6 Å². The molecule has 2 N–H and O–H groups in total. The minimum absolute atomic E-state index is 0.287. The molecule has 0 radical (unpaired) electrons. The normalized spacial score (nSPS) is 20.4. The van der Waals surface area contributed by atoms with E-state index in [1.165, 1.54) is 0 Å². The Morgan fingerprint density at radius 1 is 1.50 bits per heavy atom. The molecule has 18 heavy (non-hydrogen) atoms. The molecular weight excluding hydrogens is 228 g/mol. The minimum Gasteiger partial charge on any atom is -0.383 e. The first-order chi connectivity index (χ1) is 8.63. The van der Waals surface area contributed by atoms with Gasteiger partial charge in [-0.1, -0.05) is 20.8 Å². The van der Waals surface area contributed by atoms with Gasteiger partial charge in [0.15, 0.2) is 0 Å². The van der Waals surface area contributed by atoms with Crippen molar-refractivity contribution in [3.05, 3.63) is 11.9 Å². The lowest BCUT2D eigenvalue weighted by atomic mass is 10.0. The summed E-state index contributed by atoms with van der Waals surface area (Å²) in [5, 5.41) is 0. The fraction of sp³-hybridized carbons (Fsp3) is 0.692. The second-order valence-electron chi connectivity index (χ2n) is 5.00. The van der Waals surface area contributed by atoms with Gasteiger partial charge in [0.25, 0.3) is 0 Å². The summed E-state index contributed by atoms with van der Waals surface area (Å²) in [5.41, 5.74) is 7.04. The molecule has 5 nitrogen and oxygen atoms in total. The van der Waals surface area contributed by atoms with Crippen molar-refractivity contribution in [2.24, 2.45) is 0 Å². The van der Waals surface area contributed by atoms with Crippen LogP contribution in [0.3, 0.4) is 0 Å². The molecule has 1 aliphatic heterocycles. The Morgan fingerprint density at radius 3 is 2.94 bits per heavy atom. The number of anilines is 2. The summed E-state index contributed by atoms with van der Waals surface area (Å²) >= 11 is 0. The third-order valence-electron chi connectivity index (χ3n) is 3.36. The molecule has 0 aliphatic carbocycles. The number of nitrogens with zero attached hydrogens (tertiary/aromatic N) is 3. The third-order valence-corrected chi connectivity index (χ3v) is 3.36. The van der Waals surface area contributed by atoms with Crippen LogP contribution < -0.4 is 10.6 Å². The molecule has 0 amide bonds. The molecule has 2 heterocycles. The third kappa shape index (κ3) is 2.56. The van der Waals surface area contributed by atoms with Crippen molar-refractivity contribution >= 4 is 11.6 Å². The Labute approximate surface area is 108 Å². The molecule has 0 spiro atoms. The highest BCUT2D eigenvalue weighted by Crippen LogP contribution is 2.30. The maximum atomic E-state index is 5.99. The maximum Gasteiger partial charge on any atom is 0.137 e. The SMILES string of the molecule is CCC1CN(c2ncnc(N)c2C(C)C)CCO1. The van der Waals surface area contributed by atoms with Gasteiger partial charge in [-0.25, -0.2) is 9.97 Å². The Hall–Kier alpha value is -1.36. The zero-order valence-corrected chi connectivity index (χ0v) is 11.4. The van der Waals surface area contributed by atoms with Crippen molar-refractivity contribution in [2.75, 3.05) is 30.3 Å². The topological polar surface area (TPSA) is 64.3 Å². The Balaban J connectivity index is 2.29. The fourth-order valence-corrected chi connectivity index (χ4v) is 2.36. The van der Waals surface area contributed by atoms with Crippen LogP contribution in [-0.4, -0.2) is 35.8 Å². The van der Waals surface area contributed by atoms with Crippen molar-refractivity contribution in [1.29, 1.82) is 0 Å². The second-order valence-corrected chi connectivity index (χ2v) is 5.00. The average Bonchev–Trinajstić information content (AvgIpc) is 2.38. The van der Waals surface area contributed by atoms with Gasteiger partial charge in [0.1, 0.15) is 18.0 Å². The molecule has 1 aromatic rings. The monoisotopic (exact) mass is 250 g/mol. The van der Waals surface area contributed by atoms with E-state index in [9.17, 15) is 0 Å². The van der Waals surface area contributed by atoms with Crippen molar-refractivity contribution in [3.8, 4) is 0 Å². The zero-order valence-electron chi connectivity index (χ0n) is 11.4. The predicted molar refractivity (Wildman–Crippen MR) is 72.8 cm³/mol. The molecule has 0 saturated carbocycles. The highest BCUT2D eigenvalue weighted by Gasteiger charge is 2.24. The number of morpholine rings is 1. The van der Waals surface area contributed by atoms with E-state index in [2.05, 4.69) is 35.6 Å². The number of hydrogen-bond donors (Lipinski definition) is 1. The van der Waals surface area contributed by atoms with Gasteiger partial charge in [-0.3, -0.25) is 0 Å². The first-order valence-corrected chi connectivity index (χ1v) is 6.60. The maximum absolute atomic E-state index is 5.99. The van der Waals surface area contributed by atoms with Crippen molar-refractivity contribution in [1.82, 2.24) is 9.97 Å². The van der Waals surface area contributed by atoms with Gasteiger partial charge in [-0.05, 0) is 12.3 Å². The molecule has 100 valence electrons. The quantitative estimate of drug-likeness (QED) is 0.886. The van der Waals surface area contributed by atoms with Crippen molar-refractivity contribution in [2.45, 2.75) is 39.2 Å². The van der Waals surface area contributed by atoms with Crippen LogP contribution in [0.15, 0.2) is 6.33 Å². The molecule has 1 fully saturated rings. The highest BCUT2D eigenvalue weighted by molar-refractivity contribution is 5.58. The molecule has 1 saturated heterocycles. The van der Waals surface area contributed by atoms with Gasteiger partial charge in [-0.2, -0.15) is 0 Å². The highest BCUT2D eigenvalue weighted by atomic mass is 16.5. The number of rotatable bonds is 3. The van der Waals surface area contributed by atoms with E-state index in [0.29, 0.717) is 11.7 Å². The van der Waals surface area contributed by atoms with E-state index in [-0.39, 0.29) is 6.10 Å². The first-order valence-electron chi connectivity index (χ1n) is 6.60. The number of nitrogens with two attached hydrogens (primary N) is 1. The number of aromatic nitrogens is 2. The first kappa shape index (κ1) is 13.1. The summed E-state index contributed by atoms with van der Waals surface area (Å²) in [6.45, 7) is 8.89. The minimum atomic E-state index is 0.287. The number of ether oxygens (including phenoxy) is 1. The second kappa shape index (κ2) is 5.52. The molecule has 0 aromatic carbocycles. The van der Waals surface area contributed by atoms with Gasteiger partial charge in [0.05, 0.1) is 12.7 Å². The number of nitrogen functional groups attached to an aromatic ring is 1. The molecule has 2 rings (SSSR count). The standard InChI is InChI=1S/C13H22N4O/c1-4-10-7-17(5-6-18-10)13-11(9(2)3)12(14)15-8-16-13/h8-10H,4-7H2,1-3H3,(H2,14,15,16). The Morgan fingerprint density at radius 2 is 2.28 bits per heavy atom. The Bertz CT molecular complexity index is 408. The van der Waals surface area contributed by atoms with Crippen LogP contribution in [-0.2, 0) is 4.74 Å². The lowest BCUT2D eigenvalue weighted by Crippen LogP contribution is -2.43. The molecule has 5 heteroatoms. The molecule has 1 atom stereocenters. The van der Waals surface area contributed by atoms with Gasteiger partial charge in [0.2, 0.25) is 0 Å². The molecule has 1 unspecified atom stereocenters. The molecule has 1 aliphatic rings. The van der Waals surface area contributed by atoms with E-state index in [1.54, 1.807) is 6.33 Å². The fourth-order valence-electron chi connectivity index (χ4n) is 2.36. The van der Waals surface area contributed by atoms with Gasteiger partial charge < -0.3 is 15.4 Å². The smallest absolute Gasteiger partial charge is 0.137 e. The van der Waals surface area contributed by atoms with Gasteiger partial charge in [-0.15, -0.1) is 0 Å². The van der Waals surface area contributed by atoms with Crippen LogP contribution in [0.2, 0.25) is 0 Å². The van der Waals surface area contributed by atoms with Crippen LogP contribution in [0.5, 0.6) is 0 Å². The van der Waals surface area contributed by atoms with E-state index in [4.69, 9.17) is 10.5 Å². The van der Waals surface area contributed by atoms with E-state index < -0.39 is 0 Å². The molecule has 1 aromatic heterocycles. The summed E-state index contributed by atoms with van der Waals surface area (Å²) in [5.74, 6) is 1.89. The Kier molecular flexibility index (Phi) is 4.01. The number of hydrogen-bond acceptors (Lipinski definition) is 5. The lowest BCUT2D eigenvalue weighted by Gasteiger charge is -2.34. The van der Waals surface area contributed by atoms with Crippen LogP contribution in [0, 0.1) is 0 Å². The largest absolute Gasteiger partial charge is 0.383 e. The van der Waals surface area contributed by atoms with E-state index in [0.717, 1.165) is 37.5 Å².